The fourth-order valence-electron chi connectivity index (χ4n) is 2.05. The number of nitrogens with zero attached hydrogens (tertiary/aromatic N) is 3. The molecular formula is C10H13FN6O. The number of anilines is 1. The molecule has 3 aliphatic heterocycles. The van der Waals surface area contributed by atoms with Crippen LogP contribution in [-0.2, 0) is 0 Å². The fraction of sp³-hybridized carbons (Fsp3) is 0.300. The van der Waals surface area contributed by atoms with E-state index in [9.17, 15) is 4.39 Å². The normalized spacial score (nSPS) is 25.7. The van der Waals surface area contributed by atoms with Crippen LogP contribution in [0, 0.1) is 5.82 Å². The minimum absolute atomic E-state index is 0.185. The molecule has 0 aliphatic carbocycles. The van der Waals surface area contributed by atoms with Crippen molar-refractivity contribution in [3.8, 4) is 5.75 Å². The summed E-state index contributed by atoms with van der Waals surface area (Å²) in [5, 5.41) is 7.20. The molecular weight excluding hydrogens is 239 g/mol. The molecule has 1 aromatic carbocycles. The van der Waals surface area contributed by atoms with E-state index < -0.39 is 5.82 Å². The van der Waals surface area contributed by atoms with Gasteiger partial charge in [0.15, 0.2) is 11.6 Å². The standard InChI is InChI=1S/C10H13FN6O/c1-18-7-3-2-5(4-6(7)11)14-16-8-9(12)15-17(16)10(8)13/h2-4,8,10,14H,13H2,1H3,(H2,12,15). The Labute approximate surface area is 103 Å². The van der Waals surface area contributed by atoms with Crippen LogP contribution in [0.15, 0.2) is 23.3 Å². The Bertz CT molecular complexity index is 521. The molecule has 2 atom stereocenters. The first kappa shape index (κ1) is 11.1. The van der Waals surface area contributed by atoms with Crippen molar-refractivity contribution in [3.63, 3.8) is 0 Å². The first-order valence-electron chi connectivity index (χ1n) is 5.40. The summed E-state index contributed by atoms with van der Waals surface area (Å²) in [5.41, 5.74) is 15.0. The maximum Gasteiger partial charge on any atom is 0.167 e. The molecule has 7 nitrogen and oxygen atoms in total. The van der Waals surface area contributed by atoms with Crippen LogP contribution in [0.3, 0.4) is 0 Å². The van der Waals surface area contributed by atoms with Crippen molar-refractivity contribution in [1.82, 2.24) is 10.2 Å². The predicted molar refractivity (Wildman–Crippen MR) is 63.6 cm³/mol. The number of ether oxygens (including phenoxy) is 1. The van der Waals surface area contributed by atoms with Crippen molar-refractivity contribution in [2.45, 2.75) is 12.2 Å². The van der Waals surface area contributed by atoms with Gasteiger partial charge >= 0.3 is 0 Å². The van der Waals surface area contributed by atoms with Crippen LogP contribution in [0.2, 0.25) is 0 Å². The van der Waals surface area contributed by atoms with Crippen LogP contribution in [0.4, 0.5) is 10.1 Å². The lowest BCUT2D eigenvalue weighted by atomic mass is 10.2. The number of hydrazine groups is 2. The minimum atomic E-state index is -0.441. The molecule has 0 spiro atoms. The maximum absolute atomic E-state index is 13.5. The predicted octanol–water partition coefficient (Wildman–Crippen LogP) is -0.367. The third-order valence-corrected chi connectivity index (χ3v) is 2.99. The van der Waals surface area contributed by atoms with Crippen molar-refractivity contribution in [2.75, 3.05) is 12.5 Å². The summed E-state index contributed by atoms with van der Waals surface area (Å²) < 4.78 is 18.4. The lowest BCUT2D eigenvalue weighted by molar-refractivity contribution is -0.143. The van der Waals surface area contributed by atoms with Crippen LogP contribution >= 0.6 is 0 Å². The summed E-state index contributed by atoms with van der Waals surface area (Å²) in [7, 11) is 1.42. The molecule has 3 heterocycles. The number of hydrogen-bond donors (Lipinski definition) is 3. The highest BCUT2D eigenvalue weighted by Gasteiger charge is 2.53. The van der Waals surface area contributed by atoms with Gasteiger partial charge in [0.2, 0.25) is 0 Å². The van der Waals surface area contributed by atoms with Gasteiger partial charge < -0.3 is 16.2 Å². The molecule has 18 heavy (non-hydrogen) atoms. The largest absolute Gasteiger partial charge is 0.494 e. The van der Waals surface area contributed by atoms with Gasteiger partial charge in [-0.05, 0) is 12.1 Å². The highest BCUT2D eigenvalue weighted by atomic mass is 19.1. The van der Waals surface area contributed by atoms with Crippen LogP contribution in [0.25, 0.3) is 0 Å². The molecule has 1 saturated heterocycles. The molecule has 2 unspecified atom stereocenters. The molecule has 5 N–H and O–H groups in total. The van der Waals surface area contributed by atoms with Crippen molar-refractivity contribution < 1.29 is 9.13 Å². The Balaban J connectivity index is 1.74. The third kappa shape index (κ3) is 1.39. The van der Waals surface area contributed by atoms with E-state index in [0.717, 1.165) is 0 Å². The van der Waals surface area contributed by atoms with Gasteiger partial charge in [-0.15, -0.1) is 10.2 Å². The minimum Gasteiger partial charge on any atom is -0.494 e. The number of methoxy groups -OCH3 is 1. The monoisotopic (exact) mass is 252 g/mol. The molecule has 0 amide bonds. The summed E-state index contributed by atoms with van der Waals surface area (Å²) in [6.45, 7) is 0. The van der Waals surface area contributed by atoms with Gasteiger partial charge in [-0.3, -0.25) is 5.43 Å². The van der Waals surface area contributed by atoms with Crippen LogP contribution in [-0.4, -0.2) is 35.4 Å². The molecule has 0 radical (unpaired) electrons. The Hall–Kier alpha value is -2.06. The SMILES string of the molecule is COc1ccc(NN2C3C(N)=NN2C3N)cc1F. The van der Waals surface area contributed by atoms with E-state index in [-0.39, 0.29) is 18.0 Å². The highest BCUT2D eigenvalue weighted by molar-refractivity contribution is 5.89. The number of hydrogen-bond acceptors (Lipinski definition) is 7. The first-order chi connectivity index (χ1) is 8.61. The summed E-state index contributed by atoms with van der Waals surface area (Å²) in [6.07, 6.45) is -0.249. The molecule has 3 aliphatic rings. The number of nitrogens with two attached hydrogens (primary N) is 2. The summed E-state index contributed by atoms with van der Waals surface area (Å²) in [5.74, 6) is 0.201. The van der Waals surface area contributed by atoms with Gasteiger partial charge in [0.05, 0.1) is 12.8 Å². The smallest absolute Gasteiger partial charge is 0.167 e. The number of benzene rings is 1. The van der Waals surface area contributed by atoms with Crippen molar-refractivity contribution in [1.29, 1.82) is 0 Å². The van der Waals surface area contributed by atoms with Crippen LogP contribution < -0.4 is 21.6 Å². The second-order valence-corrected chi connectivity index (χ2v) is 4.09. The summed E-state index contributed by atoms with van der Waals surface area (Å²) in [6, 6.07) is 4.39. The van der Waals surface area contributed by atoms with E-state index in [4.69, 9.17) is 16.2 Å². The quantitative estimate of drug-likeness (QED) is 0.680. The van der Waals surface area contributed by atoms with Crippen LogP contribution in [0.1, 0.15) is 0 Å². The van der Waals surface area contributed by atoms with Gasteiger partial charge in [-0.1, -0.05) is 0 Å². The molecule has 0 saturated carbocycles. The molecule has 96 valence electrons. The van der Waals surface area contributed by atoms with Gasteiger partial charge in [0.1, 0.15) is 18.0 Å². The zero-order valence-electron chi connectivity index (χ0n) is 9.67. The van der Waals surface area contributed by atoms with E-state index in [1.54, 1.807) is 17.3 Å². The first-order valence-corrected chi connectivity index (χ1v) is 5.40. The van der Waals surface area contributed by atoms with Crippen molar-refractivity contribution >= 4 is 11.5 Å². The summed E-state index contributed by atoms with van der Waals surface area (Å²) in [4.78, 5) is 0. The topological polar surface area (TPSA) is 92.1 Å². The average molecular weight is 252 g/mol. The average Bonchev–Trinajstić information content (AvgIpc) is 2.82. The van der Waals surface area contributed by atoms with E-state index in [1.165, 1.54) is 18.3 Å². The number of hydrazone groups is 1. The highest BCUT2D eigenvalue weighted by Crippen LogP contribution is 2.31. The van der Waals surface area contributed by atoms with E-state index in [2.05, 4.69) is 10.5 Å². The Kier molecular flexibility index (Phi) is 2.28. The molecule has 0 aromatic heterocycles. The van der Waals surface area contributed by atoms with Crippen molar-refractivity contribution in [2.24, 2.45) is 16.6 Å². The number of rotatable bonds is 3. The Morgan fingerprint density at radius 3 is 2.78 bits per heavy atom. The van der Waals surface area contributed by atoms with Gasteiger partial charge in [0, 0.05) is 6.07 Å². The zero-order valence-corrected chi connectivity index (χ0v) is 9.67. The molecule has 1 aromatic rings. The summed E-state index contributed by atoms with van der Waals surface area (Å²) >= 11 is 0. The maximum atomic E-state index is 13.5. The van der Waals surface area contributed by atoms with Crippen LogP contribution in [0.5, 0.6) is 5.75 Å². The fourth-order valence-corrected chi connectivity index (χ4v) is 2.05. The van der Waals surface area contributed by atoms with E-state index >= 15 is 0 Å². The number of halogens is 1. The Morgan fingerprint density at radius 1 is 1.50 bits per heavy atom. The zero-order chi connectivity index (χ0) is 12.9. The van der Waals surface area contributed by atoms with E-state index in [0.29, 0.717) is 11.5 Å². The molecule has 1 fully saturated rings. The number of nitrogens with one attached hydrogen (secondary N) is 1. The van der Waals surface area contributed by atoms with Gasteiger partial charge in [-0.25, -0.2) is 4.39 Å². The number of amidine groups is 1. The molecule has 4 rings (SSSR count). The lowest BCUT2D eigenvalue weighted by Gasteiger charge is -2.46. The molecule has 8 heteroatoms. The second-order valence-electron chi connectivity index (χ2n) is 4.09. The molecule has 2 bridgehead atoms. The van der Waals surface area contributed by atoms with E-state index in [1.807, 2.05) is 0 Å². The van der Waals surface area contributed by atoms with Gasteiger partial charge in [-0.2, -0.15) is 5.12 Å². The van der Waals surface area contributed by atoms with Gasteiger partial charge in [0.25, 0.3) is 0 Å². The van der Waals surface area contributed by atoms with Crippen molar-refractivity contribution in [3.05, 3.63) is 24.0 Å². The lowest BCUT2D eigenvalue weighted by Crippen LogP contribution is -2.72. The Morgan fingerprint density at radius 2 is 2.28 bits per heavy atom. The second kappa shape index (κ2) is 3.72. The third-order valence-electron chi connectivity index (χ3n) is 2.99.